The van der Waals surface area contributed by atoms with E-state index in [9.17, 15) is 14.7 Å². The number of hydrogen-bond acceptors (Lipinski definition) is 5. The van der Waals surface area contributed by atoms with Gasteiger partial charge in [0.1, 0.15) is 11.6 Å². The molecule has 7 heteroatoms. The average Bonchev–Trinajstić information content (AvgIpc) is 3.49. The standard InChI is InChI=1S/C23H20ClNO4S/c1-12-8-9-30-22(12)19-18(21(27)23(28)25(19)15-4-2-3-5-15)20(26)17-11-13-10-14(24)6-7-16(13)29-17/h6-11,15,19,27H,2-5H2,1H3. The Bertz CT molecular complexity index is 1200. The number of furan rings is 1. The van der Waals surface area contributed by atoms with Crippen LogP contribution in [0.3, 0.4) is 0 Å². The number of amides is 1. The van der Waals surface area contributed by atoms with Crippen LogP contribution in [0.5, 0.6) is 0 Å². The van der Waals surface area contributed by atoms with Crippen LogP contribution >= 0.6 is 22.9 Å². The second-order valence-electron chi connectivity index (χ2n) is 7.91. The SMILES string of the molecule is Cc1ccsc1C1C(C(=O)c2cc3cc(Cl)ccc3o2)=C(O)C(=O)N1C1CCCC1. The molecule has 3 heterocycles. The molecular weight excluding hydrogens is 422 g/mol. The van der Waals surface area contributed by atoms with Crippen molar-refractivity contribution < 1.29 is 19.1 Å². The molecule has 1 saturated carbocycles. The first-order valence-electron chi connectivity index (χ1n) is 9.99. The van der Waals surface area contributed by atoms with Gasteiger partial charge in [-0.1, -0.05) is 24.4 Å². The van der Waals surface area contributed by atoms with Crippen LogP contribution in [0.1, 0.15) is 52.7 Å². The van der Waals surface area contributed by atoms with Gasteiger partial charge in [0, 0.05) is 21.3 Å². The van der Waals surface area contributed by atoms with E-state index in [1.165, 1.54) is 11.3 Å². The second-order valence-corrected chi connectivity index (χ2v) is 9.29. The van der Waals surface area contributed by atoms with E-state index in [1.54, 1.807) is 29.2 Å². The highest BCUT2D eigenvalue weighted by atomic mass is 35.5. The quantitative estimate of drug-likeness (QED) is 0.506. The summed E-state index contributed by atoms with van der Waals surface area (Å²) in [6.45, 7) is 1.96. The zero-order valence-electron chi connectivity index (χ0n) is 16.4. The first-order valence-corrected chi connectivity index (χ1v) is 11.2. The highest BCUT2D eigenvalue weighted by Crippen LogP contribution is 2.46. The van der Waals surface area contributed by atoms with Crippen molar-refractivity contribution in [2.75, 3.05) is 0 Å². The topological polar surface area (TPSA) is 70.7 Å². The third kappa shape index (κ3) is 2.97. The molecule has 5 nitrogen and oxygen atoms in total. The summed E-state index contributed by atoms with van der Waals surface area (Å²) in [7, 11) is 0. The summed E-state index contributed by atoms with van der Waals surface area (Å²) in [5.41, 5.74) is 1.63. The molecule has 0 radical (unpaired) electrons. The van der Waals surface area contributed by atoms with E-state index in [2.05, 4.69) is 0 Å². The van der Waals surface area contributed by atoms with Gasteiger partial charge in [0.05, 0.1) is 5.57 Å². The Kier molecular flexibility index (Phi) is 4.71. The normalized spacial score (nSPS) is 20.1. The number of carbonyl (C=O) groups is 2. The maximum atomic E-state index is 13.5. The first-order chi connectivity index (χ1) is 14.5. The van der Waals surface area contributed by atoms with Crippen molar-refractivity contribution in [3.05, 3.63) is 68.3 Å². The van der Waals surface area contributed by atoms with Gasteiger partial charge in [0.25, 0.3) is 5.91 Å². The van der Waals surface area contributed by atoms with E-state index in [4.69, 9.17) is 16.0 Å². The zero-order chi connectivity index (χ0) is 21.0. The Balaban J connectivity index is 1.62. The number of nitrogens with zero attached hydrogens (tertiary/aromatic N) is 1. The highest BCUT2D eigenvalue weighted by molar-refractivity contribution is 7.10. The number of aryl methyl sites for hydroxylation is 1. The molecule has 1 amide bonds. The molecule has 0 bridgehead atoms. The van der Waals surface area contributed by atoms with Gasteiger partial charge < -0.3 is 14.4 Å². The molecule has 1 atom stereocenters. The first kappa shape index (κ1) is 19.4. The van der Waals surface area contributed by atoms with Gasteiger partial charge in [-0.3, -0.25) is 9.59 Å². The van der Waals surface area contributed by atoms with Crippen molar-refractivity contribution in [1.29, 1.82) is 0 Å². The summed E-state index contributed by atoms with van der Waals surface area (Å²) in [6.07, 6.45) is 3.84. The highest BCUT2D eigenvalue weighted by Gasteiger charge is 2.48. The van der Waals surface area contributed by atoms with E-state index in [0.29, 0.717) is 16.0 Å². The summed E-state index contributed by atoms with van der Waals surface area (Å²) in [4.78, 5) is 29.2. The summed E-state index contributed by atoms with van der Waals surface area (Å²) in [6, 6.07) is 8.13. The molecule has 1 aliphatic carbocycles. The molecule has 2 aliphatic rings. The molecule has 5 rings (SSSR count). The molecule has 30 heavy (non-hydrogen) atoms. The number of hydrogen-bond donors (Lipinski definition) is 1. The van der Waals surface area contributed by atoms with E-state index < -0.39 is 23.5 Å². The smallest absolute Gasteiger partial charge is 0.290 e. The third-order valence-corrected chi connectivity index (χ3v) is 7.37. The predicted octanol–water partition coefficient (Wildman–Crippen LogP) is 5.98. The number of ketones is 1. The van der Waals surface area contributed by atoms with E-state index in [-0.39, 0.29) is 17.4 Å². The largest absolute Gasteiger partial charge is 0.503 e. The number of Topliss-reactive ketones (excluding diaryl/α,β-unsaturated/α-hetero) is 1. The van der Waals surface area contributed by atoms with Crippen LogP contribution in [-0.2, 0) is 4.79 Å². The minimum atomic E-state index is -0.593. The lowest BCUT2D eigenvalue weighted by molar-refractivity contribution is -0.131. The molecule has 0 saturated heterocycles. The lowest BCUT2D eigenvalue weighted by Crippen LogP contribution is -2.38. The van der Waals surface area contributed by atoms with Crippen LogP contribution in [0.15, 0.2) is 51.5 Å². The van der Waals surface area contributed by atoms with Crippen molar-refractivity contribution >= 4 is 45.6 Å². The monoisotopic (exact) mass is 441 g/mol. The Morgan fingerprint density at radius 1 is 1.23 bits per heavy atom. The fraction of sp³-hybridized carbons (Fsp3) is 0.304. The van der Waals surface area contributed by atoms with Gasteiger partial charge in [-0.2, -0.15) is 0 Å². The average molecular weight is 442 g/mol. The van der Waals surface area contributed by atoms with Crippen LogP contribution in [0.4, 0.5) is 0 Å². The van der Waals surface area contributed by atoms with Gasteiger partial charge in [-0.05, 0) is 61.0 Å². The zero-order valence-corrected chi connectivity index (χ0v) is 17.9. The Morgan fingerprint density at radius 3 is 2.70 bits per heavy atom. The molecular formula is C23H20ClNO4S. The van der Waals surface area contributed by atoms with Crippen molar-refractivity contribution in [2.45, 2.75) is 44.7 Å². The molecule has 1 aromatic carbocycles. The Labute approximate surface area is 182 Å². The Morgan fingerprint density at radius 2 is 2.00 bits per heavy atom. The lowest BCUT2D eigenvalue weighted by Gasteiger charge is -2.31. The molecule has 3 aromatic rings. The minimum Gasteiger partial charge on any atom is -0.503 e. The number of benzene rings is 1. The maximum absolute atomic E-state index is 13.5. The van der Waals surface area contributed by atoms with Gasteiger partial charge in [-0.15, -0.1) is 11.3 Å². The molecule has 154 valence electrons. The van der Waals surface area contributed by atoms with Crippen LogP contribution in [0, 0.1) is 6.92 Å². The number of halogens is 1. The van der Waals surface area contributed by atoms with Gasteiger partial charge in [-0.25, -0.2) is 0 Å². The lowest BCUT2D eigenvalue weighted by atomic mass is 9.97. The number of carbonyl (C=O) groups excluding carboxylic acids is 2. The summed E-state index contributed by atoms with van der Waals surface area (Å²) in [5, 5.41) is 14.0. The van der Waals surface area contributed by atoms with Gasteiger partial charge >= 0.3 is 0 Å². The van der Waals surface area contributed by atoms with E-state index in [1.807, 2.05) is 18.4 Å². The number of thiophene rings is 1. The second kappa shape index (κ2) is 7.29. The van der Waals surface area contributed by atoms with E-state index in [0.717, 1.165) is 36.1 Å². The van der Waals surface area contributed by atoms with Crippen molar-refractivity contribution in [2.24, 2.45) is 0 Å². The van der Waals surface area contributed by atoms with Gasteiger partial charge in [0.2, 0.25) is 5.78 Å². The fourth-order valence-corrected chi connectivity index (χ4v) is 5.81. The summed E-state index contributed by atoms with van der Waals surface area (Å²) < 4.78 is 5.76. The van der Waals surface area contributed by atoms with Crippen LogP contribution in [-0.4, -0.2) is 27.7 Å². The maximum Gasteiger partial charge on any atom is 0.290 e. The van der Waals surface area contributed by atoms with Crippen LogP contribution < -0.4 is 0 Å². The number of aliphatic hydroxyl groups excluding tert-OH is 1. The predicted molar refractivity (Wildman–Crippen MR) is 116 cm³/mol. The molecule has 1 aliphatic heterocycles. The molecule has 2 aromatic heterocycles. The number of rotatable bonds is 4. The van der Waals surface area contributed by atoms with E-state index >= 15 is 0 Å². The Hall–Kier alpha value is -2.57. The van der Waals surface area contributed by atoms with Gasteiger partial charge in [0.15, 0.2) is 11.5 Å². The number of aliphatic hydroxyl groups is 1. The third-order valence-electron chi connectivity index (χ3n) is 6.06. The van der Waals surface area contributed by atoms with Crippen molar-refractivity contribution in [3.63, 3.8) is 0 Å². The molecule has 1 unspecified atom stereocenters. The summed E-state index contributed by atoms with van der Waals surface area (Å²) in [5.74, 6) is -1.31. The fourth-order valence-electron chi connectivity index (χ4n) is 4.59. The minimum absolute atomic E-state index is 0.0194. The number of fused-ring (bicyclic) bond motifs is 1. The molecule has 0 spiro atoms. The van der Waals surface area contributed by atoms with Crippen LogP contribution in [0.2, 0.25) is 5.02 Å². The van der Waals surface area contributed by atoms with Crippen molar-refractivity contribution in [1.82, 2.24) is 4.90 Å². The summed E-state index contributed by atoms with van der Waals surface area (Å²) >= 11 is 7.55. The van der Waals surface area contributed by atoms with Crippen LogP contribution in [0.25, 0.3) is 11.0 Å². The van der Waals surface area contributed by atoms with Crippen molar-refractivity contribution in [3.8, 4) is 0 Å². The molecule has 1 fully saturated rings. The molecule has 1 N–H and O–H groups in total.